The van der Waals surface area contributed by atoms with E-state index in [-0.39, 0.29) is 6.10 Å². The SMILES string of the molecule is CCCCCCCCC=CCCCCCCCCC(CC)C(O)C1=NCCN1. The minimum absolute atomic E-state index is 0.362. The number of nitrogens with one attached hydrogen (secondary N) is 1. The highest BCUT2D eigenvalue weighted by atomic mass is 16.3. The quantitative estimate of drug-likeness (QED) is 0.187. The minimum Gasteiger partial charge on any atom is -0.385 e. The normalized spacial score (nSPS) is 16.3. The van der Waals surface area contributed by atoms with Crippen molar-refractivity contribution in [2.24, 2.45) is 10.9 Å². The molecule has 0 bridgehead atoms. The Bertz CT molecular complexity index is 405. The monoisotopic (exact) mass is 392 g/mol. The number of aliphatic hydroxyl groups excluding tert-OH is 1. The summed E-state index contributed by atoms with van der Waals surface area (Å²) in [5, 5.41) is 13.7. The van der Waals surface area contributed by atoms with Gasteiger partial charge in [0.1, 0.15) is 11.9 Å². The zero-order valence-corrected chi connectivity index (χ0v) is 18.9. The summed E-state index contributed by atoms with van der Waals surface area (Å²) in [6.07, 6.45) is 25.4. The van der Waals surface area contributed by atoms with Crippen LogP contribution in [-0.2, 0) is 0 Å². The van der Waals surface area contributed by atoms with Crippen molar-refractivity contribution in [3.8, 4) is 0 Å². The van der Waals surface area contributed by atoms with Crippen molar-refractivity contribution < 1.29 is 5.11 Å². The van der Waals surface area contributed by atoms with Crippen LogP contribution in [0.5, 0.6) is 0 Å². The molecule has 1 aliphatic heterocycles. The second kappa shape index (κ2) is 18.2. The van der Waals surface area contributed by atoms with Crippen LogP contribution in [0.1, 0.15) is 117 Å². The van der Waals surface area contributed by atoms with E-state index >= 15 is 0 Å². The van der Waals surface area contributed by atoms with Crippen molar-refractivity contribution in [2.45, 2.75) is 123 Å². The molecule has 2 unspecified atom stereocenters. The van der Waals surface area contributed by atoms with Gasteiger partial charge in [0.05, 0.1) is 6.54 Å². The maximum atomic E-state index is 10.4. The van der Waals surface area contributed by atoms with Crippen molar-refractivity contribution in [3.63, 3.8) is 0 Å². The largest absolute Gasteiger partial charge is 0.385 e. The first kappa shape index (κ1) is 25.2. The lowest BCUT2D eigenvalue weighted by atomic mass is 9.92. The maximum absolute atomic E-state index is 10.4. The van der Waals surface area contributed by atoms with Gasteiger partial charge in [0.2, 0.25) is 0 Å². The average Bonchev–Trinajstić information content (AvgIpc) is 3.25. The molecule has 1 aliphatic rings. The smallest absolute Gasteiger partial charge is 0.126 e. The van der Waals surface area contributed by atoms with Gasteiger partial charge in [-0.3, -0.25) is 4.99 Å². The Morgan fingerprint density at radius 3 is 1.96 bits per heavy atom. The molecular weight excluding hydrogens is 344 g/mol. The summed E-state index contributed by atoms with van der Waals surface area (Å²) in [5.74, 6) is 1.19. The number of aliphatic hydroxyl groups is 1. The maximum Gasteiger partial charge on any atom is 0.126 e. The molecule has 1 heterocycles. The van der Waals surface area contributed by atoms with Crippen molar-refractivity contribution in [1.82, 2.24) is 5.32 Å². The number of allylic oxidation sites excluding steroid dienone is 2. The summed E-state index contributed by atoms with van der Waals surface area (Å²) < 4.78 is 0. The summed E-state index contributed by atoms with van der Waals surface area (Å²) in [7, 11) is 0. The van der Waals surface area contributed by atoms with Gasteiger partial charge in [0.25, 0.3) is 0 Å². The van der Waals surface area contributed by atoms with Gasteiger partial charge in [-0.05, 0) is 38.0 Å². The van der Waals surface area contributed by atoms with Crippen molar-refractivity contribution in [3.05, 3.63) is 12.2 Å². The highest BCUT2D eigenvalue weighted by molar-refractivity contribution is 5.87. The molecule has 164 valence electrons. The molecule has 0 amide bonds. The van der Waals surface area contributed by atoms with Crippen LogP contribution in [0.15, 0.2) is 17.1 Å². The van der Waals surface area contributed by atoms with Gasteiger partial charge in [-0.2, -0.15) is 0 Å². The Hall–Kier alpha value is -0.830. The van der Waals surface area contributed by atoms with Gasteiger partial charge in [-0.15, -0.1) is 0 Å². The molecule has 2 atom stereocenters. The fraction of sp³-hybridized carbons (Fsp3) is 0.880. The summed E-state index contributed by atoms with van der Waals surface area (Å²) in [6.45, 7) is 6.17. The lowest BCUT2D eigenvalue weighted by Crippen LogP contribution is -2.36. The van der Waals surface area contributed by atoms with E-state index in [0.29, 0.717) is 5.92 Å². The first-order valence-electron chi connectivity index (χ1n) is 12.4. The van der Waals surface area contributed by atoms with Crippen LogP contribution in [0, 0.1) is 5.92 Å². The highest BCUT2D eigenvalue weighted by Gasteiger charge is 2.23. The third-order valence-electron chi connectivity index (χ3n) is 6.04. The number of amidine groups is 1. The number of unbranched alkanes of at least 4 members (excludes halogenated alkanes) is 12. The van der Waals surface area contributed by atoms with Crippen LogP contribution in [0.2, 0.25) is 0 Å². The van der Waals surface area contributed by atoms with E-state index in [2.05, 4.69) is 36.3 Å². The summed E-state index contributed by atoms with van der Waals surface area (Å²) >= 11 is 0. The van der Waals surface area contributed by atoms with E-state index in [1.165, 1.54) is 89.9 Å². The lowest BCUT2D eigenvalue weighted by Gasteiger charge is -2.21. The summed E-state index contributed by atoms with van der Waals surface area (Å²) in [6, 6.07) is 0. The van der Waals surface area contributed by atoms with Crippen LogP contribution in [0.3, 0.4) is 0 Å². The molecule has 0 saturated heterocycles. The third-order valence-corrected chi connectivity index (χ3v) is 6.04. The van der Waals surface area contributed by atoms with Gasteiger partial charge >= 0.3 is 0 Å². The number of aliphatic imine (C=N–C) groups is 1. The first-order valence-corrected chi connectivity index (χ1v) is 12.4. The van der Waals surface area contributed by atoms with E-state index in [1.807, 2.05) is 0 Å². The molecule has 1 rings (SSSR count). The molecule has 0 saturated carbocycles. The molecule has 0 spiro atoms. The Balaban J connectivity index is 1.87. The van der Waals surface area contributed by atoms with E-state index in [1.54, 1.807) is 0 Å². The first-order chi connectivity index (χ1) is 13.8. The highest BCUT2D eigenvalue weighted by Crippen LogP contribution is 2.20. The molecule has 0 aromatic carbocycles. The standard InChI is InChI=1S/C25H48N2O/c1-3-5-6-7-8-9-10-11-12-13-14-15-16-17-18-19-20-23(4-2)24(28)25-26-21-22-27-25/h11-12,23-24,28H,3-10,13-22H2,1-2H3,(H,26,27). The molecule has 0 aromatic rings. The van der Waals surface area contributed by atoms with Crippen molar-refractivity contribution >= 4 is 5.84 Å². The lowest BCUT2D eigenvalue weighted by molar-refractivity contribution is 0.155. The van der Waals surface area contributed by atoms with Gasteiger partial charge in [-0.1, -0.05) is 96.6 Å². The second-order valence-corrected chi connectivity index (χ2v) is 8.53. The van der Waals surface area contributed by atoms with Gasteiger partial charge in [0, 0.05) is 6.54 Å². The predicted molar refractivity (Wildman–Crippen MR) is 124 cm³/mol. The van der Waals surface area contributed by atoms with Crippen molar-refractivity contribution in [2.75, 3.05) is 13.1 Å². The zero-order chi connectivity index (χ0) is 20.3. The molecule has 28 heavy (non-hydrogen) atoms. The number of rotatable bonds is 19. The zero-order valence-electron chi connectivity index (χ0n) is 18.9. The van der Waals surface area contributed by atoms with E-state index in [4.69, 9.17) is 0 Å². The van der Waals surface area contributed by atoms with Crippen LogP contribution in [-0.4, -0.2) is 30.1 Å². The molecule has 3 nitrogen and oxygen atoms in total. The Kier molecular flexibility index (Phi) is 16.4. The number of nitrogens with zero attached hydrogens (tertiary/aromatic N) is 1. The van der Waals surface area contributed by atoms with Gasteiger partial charge < -0.3 is 10.4 Å². The fourth-order valence-corrected chi connectivity index (χ4v) is 4.08. The van der Waals surface area contributed by atoms with Gasteiger partial charge in [0.15, 0.2) is 0 Å². The van der Waals surface area contributed by atoms with Crippen LogP contribution in [0.25, 0.3) is 0 Å². The Labute approximate surface area is 175 Å². The molecule has 0 aromatic heterocycles. The number of hydrogen-bond acceptors (Lipinski definition) is 3. The molecular formula is C25H48N2O. The van der Waals surface area contributed by atoms with Crippen LogP contribution < -0.4 is 5.32 Å². The van der Waals surface area contributed by atoms with E-state index in [0.717, 1.165) is 31.8 Å². The number of hydrogen-bond donors (Lipinski definition) is 2. The van der Waals surface area contributed by atoms with Crippen LogP contribution in [0.4, 0.5) is 0 Å². The van der Waals surface area contributed by atoms with Crippen LogP contribution >= 0.6 is 0 Å². The second-order valence-electron chi connectivity index (χ2n) is 8.53. The van der Waals surface area contributed by atoms with E-state index < -0.39 is 0 Å². The molecule has 0 fully saturated rings. The summed E-state index contributed by atoms with van der Waals surface area (Å²) in [5.41, 5.74) is 0. The molecule has 3 heteroatoms. The fourth-order valence-electron chi connectivity index (χ4n) is 4.08. The molecule has 0 aliphatic carbocycles. The van der Waals surface area contributed by atoms with Gasteiger partial charge in [-0.25, -0.2) is 0 Å². The minimum atomic E-state index is -0.379. The molecule has 0 radical (unpaired) electrons. The van der Waals surface area contributed by atoms with Crippen molar-refractivity contribution in [1.29, 1.82) is 0 Å². The van der Waals surface area contributed by atoms with E-state index in [9.17, 15) is 5.11 Å². The summed E-state index contributed by atoms with van der Waals surface area (Å²) in [4.78, 5) is 4.38. The third kappa shape index (κ3) is 12.6. The topological polar surface area (TPSA) is 44.6 Å². The average molecular weight is 393 g/mol. The molecule has 2 N–H and O–H groups in total. The Morgan fingerprint density at radius 1 is 0.857 bits per heavy atom. The predicted octanol–water partition coefficient (Wildman–Crippen LogP) is 6.80. The Morgan fingerprint density at radius 2 is 1.43 bits per heavy atom.